The summed E-state index contributed by atoms with van der Waals surface area (Å²) in [7, 11) is 0. The molecule has 1 N–H and O–H groups in total. The van der Waals surface area contributed by atoms with E-state index in [1.807, 2.05) is 12.1 Å². The van der Waals surface area contributed by atoms with Gasteiger partial charge in [0.1, 0.15) is 0 Å². The number of morpholine rings is 1. The van der Waals surface area contributed by atoms with E-state index in [-0.39, 0.29) is 5.91 Å². The molecule has 5 rings (SSSR count). The molecule has 2 aliphatic heterocycles. The van der Waals surface area contributed by atoms with E-state index in [4.69, 9.17) is 4.74 Å². The van der Waals surface area contributed by atoms with Crippen molar-refractivity contribution < 1.29 is 9.53 Å². The zero-order valence-electron chi connectivity index (χ0n) is 17.3. The van der Waals surface area contributed by atoms with Gasteiger partial charge in [-0.15, -0.1) is 0 Å². The van der Waals surface area contributed by atoms with Gasteiger partial charge in [-0.1, -0.05) is 36.4 Å². The van der Waals surface area contributed by atoms with Gasteiger partial charge < -0.3 is 15.0 Å². The molecule has 31 heavy (non-hydrogen) atoms. The molecule has 0 radical (unpaired) electrons. The number of benzene rings is 2. The van der Waals surface area contributed by atoms with Gasteiger partial charge >= 0.3 is 0 Å². The molecule has 3 aromatic rings. The smallest absolute Gasteiger partial charge is 0.258 e. The minimum absolute atomic E-state index is 0.201. The Balaban J connectivity index is 1.21. The summed E-state index contributed by atoms with van der Waals surface area (Å²) in [6.07, 6.45) is 3.17. The lowest BCUT2D eigenvalue weighted by Crippen LogP contribution is -2.37. The molecule has 2 aliphatic rings. The Morgan fingerprint density at radius 3 is 2.48 bits per heavy atom. The van der Waals surface area contributed by atoms with Crippen LogP contribution < -0.4 is 10.2 Å². The Bertz CT molecular complexity index is 1050. The Morgan fingerprint density at radius 2 is 1.71 bits per heavy atom. The lowest BCUT2D eigenvalue weighted by atomic mass is 10.1. The number of nitrogens with one attached hydrogen (secondary N) is 1. The first-order valence-corrected chi connectivity index (χ1v) is 10.6. The van der Waals surface area contributed by atoms with Crippen LogP contribution in [0.15, 0.2) is 60.9 Å². The van der Waals surface area contributed by atoms with Gasteiger partial charge in [0, 0.05) is 50.8 Å². The van der Waals surface area contributed by atoms with Crippen LogP contribution in [-0.4, -0.2) is 47.1 Å². The second-order valence-corrected chi connectivity index (χ2v) is 7.94. The van der Waals surface area contributed by atoms with Crippen molar-refractivity contribution in [1.29, 1.82) is 0 Å². The van der Waals surface area contributed by atoms with Gasteiger partial charge in [-0.25, -0.2) is 9.97 Å². The van der Waals surface area contributed by atoms with Gasteiger partial charge in [-0.05, 0) is 28.8 Å². The molecule has 0 saturated carbocycles. The molecule has 0 unspecified atom stereocenters. The summed E-state index contributed by atoms with van der Waals surface area (Å²) in [5.41, 5.74) is 5.12. The second-order valence-electron chi connectivity index (χ2n) is 7.94. The van der Waals surface area contributed by atoms with Crippen molar-refractivity contribution >= 4 is 17.5 Å². The Morgan fingerprint density at radius 1 is 0.968 bits per heavy atom. The monoisotopic (exact) mass is 415 g/mol. The van der Waals surface area contributed by atoms with Crippen LogP contribution in [-0.2, 0) is 24.4 Å². The molecule has 1 aromatic heterocycles. The molecule has 0 atom stereocenters. The lowest BCUT2D eigenvalue weighted by Gasteiger charge is -2.26. The minimum atomic E-state index is -0.201. The number of rotatable bonds is 5. The van der Waals surface area contributed by atoms with Crippen LogP contribution in [0.5, 0.6) is 0 Å². The number of amides is 1. The molecular weight excluding hydrogens is 390 g/mol. The van der Waals surface area contributed by atoms with E-state index in [0.29, 0.717) is 24.7 Å². The van der Waals surface area contributed by atoms with Crippen molar-refractivity contribution in [1.82, 2.24) is 14.9 Å². The maximum atomic E-state index is 12.7. The topological polar surface area (TPSA) is 70.6 Å². The second kappa shape index (κ2) is 8.83. The number of carbonyl (C=O) groups excluding carboxylic acids is 1. The van der Waals surface area contributed by atoms with Crippen LogP contribution in [0.4, 0.5) is 11.6 Å². The highest BCUT2D eigenvalue weighted by Crippen LogP contribution is 2.27. The maximum absolute atomic E-state index is 12.7. The molecule has 0 spiro atoms. The predicted molar refractivity (Wildman–Crippen MR) is 119 cm³/mol. The van der Waals surface area contributed by atoms with Crippen LogP contribution in [0, 0.1) is 0 Å². The third-order valence-corrected chi connectivity index (χ3v) is 5.70. The van der Waals surface area contributed by atoms with Gasteiger partial charge in [0.15, 0.2) is 0 Å². The van der Waals surface area contributed by atoms with E-state index >= 15 is 0 Å². The molecule has 1 amide bonds. The first-order valence-electron chi connectivity index (χ1n) is 10.6. The summed E-state index contributed by atoms with van der Waals surface area (Å²) >= 11 is 0. The number of hydrogen-bond acceptors (Lipinski definition) is 6. The molecule has 2 aromatic carbocycles. The first kappa shape index (κ1) is 19.7. The molecular formula is C24H25N5O2. The van der Waals surface area contributed by atoms with E-state index in [9.17, 15) is 4.79 Å². The van der Waals surface area contributed by atoms with E-state index in [1.54, 1.807) is 12.4 Å². The number of carbonyl (C=O) groups is 1. The summed E-state index contributed by atoms with van der Waals surface area (Å²) in [5, 5.41) is 2.98. The van der Waals surface area contributed by atoms with Crippen molar-refractivity contribution in [2.45, 2.75) is 19.6 Å². The van der Waals surface area contributed by atoms with Gasteiger partial charge in [-0.3, -0.25) is 9.69 Å². The molecule has 158 valence electrons. The fourth-order valence-corrected chi connectivity index (χ4v) is 4.06. The van der Waals surface area contributed by atoms with Crippen LogP contribution in [0.25, 0.3) is 0 Å². The Kier molecular flexibility index (Phi) is 5.60. The average Bonchev–Trinajstić information content (AvgIpc) is 3.22. The van der Waals surface area contributed by atoms with Gasteiger partial charge in [0.2, 0.25) is 5.95 Å². The van der Waals surface area contributed by atoms with Crippen molar-refractivity contribution in [3.63, 3.8) is 0 Å². The number of ether oxygens (including phenoxy) is 1. The van der Waals surface area contributed by atoms with E-state index in [1.165, 1.54) is 16.7 Å². The van der Waals surface area contributed by atoms with E-state index in [0.717, 1.165) is 38.4 Å². The quantitative estimate of drug-likeness (QED) is 0.691. The summed E-state index contributed by atoms with van der Waals surface area (Å²) in [5.74, 6) is 0.434. The summed E-state index contributed by atoms with van der Waals surface area (Å²) < 4.78 is 5.35. The molecule has 0 bridgehead atoms. The molecule has 0 aliphatic carbocycles. The molecule has 7 nitrogen and oxygen atoms in total. The van der Waals surface area contributed by atoms with E-state index in [2.05, 4.69) is 61.5 Å². The van der Waals surface area contributed by atoms with Crippen molar-refractivity contribution in [3.8, 4) is 0 Å². The number of anilines is 2. The highest BCUT2D eigenvalue weighted by atomic mass is 16.5. The highest BCUT2D eigenvalue weighted by Gasteiger charge is 2.20. The number of hydrogen-bond donors (Lipinski definition) is 1. The van der Waals surface area contributed by atoms with Crippen LogP contribution >= 0.6 is 0 Å². The fourth-order valence-electron chi connectivity index (χ4n) is 4.06. The summed E-state index contributed by atoms with van der Waals surface area (Å²) in [6.45, 7) is 5.61. The van der Waals surface area contributed by atoms with Crippen LogP contribution in [0.3, 0.4) is 0 Å². The number of aromatic nitrogens is 2. The standard InChI is InChI=1S/C24H25N5O2/c30-23(21-13-25-24(26-14-21)29-8-10-31-11-9-29)27-22-7-6-19-16-28(17-20(19)12-22)15-18-4-2-1-3-5-18/h1-7,12-14H,8-11,15-17H2,(H,27,30). The van der Waals surface area contributed by atoms with Crippen molar-refractivity contribution in [2.24, 2.45) is 0 Å². The highest BCUT2D eigenvalue weighted by molar-refractivity contribution is 6.04. The molecule has 1 fully saturated rings. The van der Waals surface area contributed by atoms with Crippen LogP contribution in [0.1, 0.15) is 27.0 Å². The maximum Gasteiger partial charge on any atom is 0.258 e. The fraction of sp³-hybridized carbons (Fsp3) is 0.292. The Labute approximate surface area is 181 Å². The van der Waals surface area contributed by atoms with Gasteiger partial charge in [0.05, 0.1) is 18.8 Å². The lowest BCUT2D eigenvalue weighted by molar-refractivity contribution is 0.102. The third kappa shape index (κ3) is 4.57. The third-order valence-electron chi connectivity index (χ3n) is 5.70. The normalized spacial score (nSPS) is 16.2. The molecule has 3 heterocycles. The van der Waals surface area contributed by atoms with E-state index < -0.39 is 0 Å². The zero-order chi connectivity index (χ0) is 21.0. The van der Waals surface area contributed by atoms with Gasteiger partial charge in [0.25, 0.3) is 5.91 Å². The zero-order valence-corrected chi connectivity index (χ0v) is 17.3. The minimum Gasteiger partial charge on any atom is -0.378 e. The average molecular weight is 415 g/mol. The summed E-state index contributed by atoms with van der Waals surface area (Å²) in [4.78, 5) is 25.9. The van der Waals surface area contributed by atoms with Gasteiger partial charge in [-0.2, -0.15) is 0 Å². The molecule has 1 saturated heterocycles. The SMILES string of the molecule is O=C(Nc1ccc2c(c1)CN(Cc1ccccc1)C2)c1cnc(N2CCOCC2)nc1. The van der Waals surface area contributed by atoms with Crippen LogP contribution in [0.2, 0.25) is 0 Å². The number of fused-ring (bicyclic) bond motifs is 1. The largest absolute Gasteiger partial charge is 0.378 e. The molecule has 7 heteroatoms. The van der Waals surface area contributed by atoms with Crippen molar-refractivity contribution in [2.75, 3.05) is 36.5 Å². The number of nitrogens with zero attached hydrogens (tertiary/aromatic N) is 4. The summed E-state index contributed by atoms with van der Waals surface area (Å²) in [6, 6.07) is 16.6. The van der Waals surface area contributed by atoms with Crippen molar-refractivity contribution in [3.05, 3.63) is 83.2 Å². The Hall–Kier alpha value is -3.29. The predicted octanol–water partition coefficient (Wildman–Crippen LogP) is 3.08. The first-order chi connectivity index (χ1) is 15.2.